The molecule has 0 saturated heterocycles. The van der Waals surface area contributed by atoms with Crippen molar-refractivity contribution >= 4 is 17.3 Å². The highest BCUT2D eigenvalue weighted by Gasteiger charge is 2.12. The molecular formula is C15H17N3O. The molecule has 19 heavy (non-hydrogen) atoms. The summed E-state index contributed by atoms with van der Waals surface area (Å²) >= 11 is 0. The smallest absolute Gasteiger partial charge is 0.259 e. The number of nitrogens with one attached hydrogen (secondary N) is 2. The summed E-state index contributed by atoms with van der Waals surface area (Å²) in [7, 11) is 1.78. The van der Waals surface area contributed by atoms with Gasteiger partial charge in [0.25, 0.3) is 5.91 Å². The molecule has 1 amide bonds. The lowest BCUT2D eigenvalue weighted by Gasteiger charge is -2.11. The SMILES string of the molecule is CNc1ccncc1C(=O)Nc1cc(C)ccc1C. The molecule has 0 fully saturated rings. The topological polar surface area (TPSA) is 54.0 Å². The predicted molar refractivity (Wildman–Crippen MR) is 77.7 cm³/mol. The Morgan fingerprint density at radius 1 is 1.16 bits per heavy atom. The van der Waals surface area contributed by atoms with E-state index in [0.29, 0.717) is 5.56 Å². The number of benzene rings is 1. The molecule has 0 radical (unpaired) electrons. The van der Waals surface area contributed by atoms with Gasteiger partial charge in [-0.2, -0.15) is 0 Å². The first-order valence-electron chi connectivity index (χ1n) is 6.12. The van der Waals surface area contributed by atoms with Gasteiger partial charge in [0, 0.05) is 30.8 Å². The van der Waals surface area contributed by atoms with Crippen molar-refractivity contribution in [1.82, 2.24) is 4.98 Å². The minimum Gasteiger partial charge on any atom is -0.387 e. The van der Waals surface area contributed by atoms with E-state index in [1.54, 1.807) is 25.5 Å². The van der Waals surface area contributed by atoms with Gasteiger partial charge in [0.1, 0.15) is 0 Å². The zero-order valence-electron chi connectivity index (χ0n) is 11.3. The van der Waals surface area contributed by atoms with E-state index in [1.165, 1.54) is 0 Å². The number of carbonyl (C=O) groups excluding carboxylic acids is 1. The average molecular weight is 255 g/mol. The molecule has 2 rings (SSSR count). The quantitative estimate of drug-likeness (QED) is 0.886. The second-order valence-electron chi connectivity index (χ2n) is 4.44. The van der Waals surface area contributed by atoms with Gasteiger partial charge in [-0.1, -0.05) is 12.1 Å². The van der Waals surface area contributed by atoms with E-state index in [9.17, 15) is 4.79 Å². The third kappa shape index (κ3) is 2.91. The third-order valence-corrected chi connectivity index (χ3v) is 2.98. The lowest BCUT2D eigenvalue weighted by atomic mass is 10.1. The Hall–Kier alpha value is -2.36. The molecule has 98 valence electrons. The van der Waals surface area contributed by atoms with Crippen LogP contribution in [-0.4, -0.2) is 17.9 Å². The number of amides is 1. The lowest BCUT2D eigenvalue weighted by molar-refractivity contribution is 0.102. The number of hydrogen-bond acceptors (Lipinski definition) is 3. The number of aromatic nitrogens is 1. The first-order valence-corrected chi connectivity index (χ1v) is 6.12. The summed E-state index contributed by atoms with van der Waals surface area (Å²) in [5, 5.41) is 5.91. The number of hydrogen-bond donors (Lipinski definition) is 2. The van der Waals surface area contributed by atoms with Gasteiger partial charge in [-0.05, 0) is 37.1 Å². The Bertz CT molecular complexity index is 608. The summed E-state index contributed by atoms with van der Waals surface area (Å²) in [5.74, 6) is -0.161. The maximum atomic E-state index is 12.3. The number of aryl methyl sites for hydroxylation is 2. The molecule has 4 nitrogen and oxygen atoms in total. The van der Waals surface area contributed by atoms with E-state index in [0.717, 1.165) is 22.5 Å². The molecule has 0 spiro atoms. The monoisotopic (exact) mass is 255 g/mol. The Kier molecular flexibility index (Phi) is 3.80. The normalized spacial score (nSPS) is 10.1. The molecule has 0 aliphatic rings. The fourth-order valence-electron chi connectivity index (χ4n) is 1.85. The molecule has 0 saturated carbocycles. The van der Waals surface area contributed by atoms with Crippen LogP contribution in [0.5, 0.6) is 0 Å². The highest BCUT2D eigenvalue weighted by Crippen LogP contribution is 2.19. The van der Waals surface area contributed by atoms with Crippen molar-refractivity contribution in [2.75, 3.05) is 17.7 Å². The highest BCUT2D eigenvalue weighted by atomic mass is 16.1. The van der Waals surface area contributed by atoms with Crippen LogP contribution in [0.1, 0.15) is 21.5 Å². The predicted octanol–water partition coefficient (Wildman–Crippen LogP) is 2.99. The van der Waals surface area contributed by atoms with Crippen molar-refractivity contribution in [3.05, 3.63) is 53.3 Å². The van der Waals surface area contributed by atoms with Gasteiger partial charge >= 0.3 is 0 Å². The van der Waals surface area contributed by atoms with Crippen LogP contribution in [0.2, 0.25) is 0 Å². The van der Waals surface area contributed by atoms with Gasteiger partial charge in [0.15, 0.2) is 0 Å². The van der Waals surface area contributed by atoms with Crippen molar-refractivity contribution in [2.45, 2.75) is 13.8 Å². The standard InChI is InChI=1S/C15H17N3O/c1-10-4-5-11(2)14(8-10)18-15(19)12-9-17-7-6-13(12)16-3/h4-9H,1-3H3,(H,16,17)(H,18,19). The molecule has 2 N–H and O–H groups in total. The van der Waals surface area contributed by atoms with E-state index < -0.39 is 0 Å². The Morgan fingerprint density at radius 3 is 2.68 bits per heavy atom. The first kappa shape index (κ1) is 13.1. The van der Waals surface area contributed by atoms with Crippen LogP contribution < -0.4 is 10.6 Å². The van der Waals surface area contributed by atoms with Crippen LogP contribution in [0, 0.1) is 13.8 Å². The van der Waals surface area contributed by atoms with Gasteiger partial charge in [-0.25, -0.2) is 0 Å². The van der Waals surface area contributed by atoms with Gasteiger partial charge in [0.2, 0.25) is 0 Å². The molecule has 0 bridgehead atoms. The van der Waals surface area contributed by atoms with Gasteiger partial charge in [-0.15, -0.1) is 0 Å². The molecule has 0 atom stereocenters. The largest absolute Gasteiger partial charge is 0.387 e. The third-order valence-electron chi connectivity index (χ3n) is 2.98. The molecule has 4 heteroatoms. The Morgan fingerprint density at radius 2 is 1.95 bits per heavy atom. The summed E-state index contributed by atoms with van der Waals surface area (Å²) in [5.41, 5.74) is 4.27. The van der Waals surface area contributed by atoms with Crippen molar-refractivity contribution in [3.63, 3.8) is 0 Å². The molecular weight excluding hydrogens is 238 g/mol. The van der Waals surface area contributed by atoms with Crippen LogP contribution in [0.25, 0.3) is 0 Å². The summed E-state index contributed by atoms with van der Waals surface area (Å²) in [4.78, 5) is 16.3. The number of nitrogens with zero attached hydrogens (tertiary/aromatic N) is 1. The summed E-state index contributed by atoms with van der Waals surface area (Å²) in [6.45, 7) is 3.97. The van der Waals surface area contributed by atoms with Gasteiger partial charge in [0.05, 0.1) is 5.56 Å². The number of rotatable bonds is 3. The van der Waals surface area contributed by atoms with Crippen LogP contribution >= 0.6 is 0 Å². The Labute approximate surface area is 112 Å². The number of anilines is 2. The molecule has 1 aromatic heterocycles. The molecule has 2 aromatic rings. The van der Waals surface area contributed by atoms with Crippen LogP contribution in [0.4, 0.5) is 11.4 Å². The van der Waals surface area contributed by atoms with E-state index in [1.807, 2.05) is 32.0 Å². The van der Waals surface area contributed by atoms with E-state index in [4.69, 9.17) is 0 Å². The molecule has 0 aliphatic carbocycles. The summed E-state index contributed by atoms with van der Waals surface area (Å²) in [6.07, 6.45) is 3.22. The molecule has 1 heterocycles. The van der Waals surface area contributed by atoms with Crippen molar-refractivity contribution in [2.24, 2.45) is 0 Å². The number of pyridine rings is 1. The van der Waals surface area contributed by atoms with Crippen molar-refractivity contribution < 1.29 is 4.79 Å². The van der Waals surface area contributed by atoms with E-state index in [2.05, 4.69) is 15.6 Å². The zero-order chi connectivity index (χ0) is 13.8. The van der Waals surface area contributed by atoms with Gasteiger partial charge < -0.3 is 10.6 Å². The van der Waals surface area contributed by atoms with E-state index in [-0.39, 0.29) is 5.91 Å². The summed E-state index contributed by atoms with van der Waals surface area (Å²) in [6, 6.07) is 7.75. The lowest BCUT2D eigenvalue weighted by Crippen LogP contribution is -2.15. The van der Waals surface area contributed by atoms with Crippen LogP contribution in [0.3, 0.4) is 0 Å². The Balaban J connectivity index is 2.28. The second kappa shape index (κ2) is 5.52. The highest BCUT2D eigenvalue weighted by molar-refractivity contribution is 6.08. The van der Waals surface area contributed by atoms with E-state index >= 15 is 0 Å². The zero-order valence-corrected chi connectivity index (χ0v) is 11.3. The molecule has 1 aromatic carbocycles. The minimum atomic E-state index is -0.161. The van der Waals surface area contributed by atoms with Crippen LogP contribution in [-0.2, 0) is 0 Å². The second-order valence-corrected chi connectivity index (χ2v) is 4.44. The summed E-state index contributed by atoms with van der Waals surface area (Å²) < 4.78 is 0. The fraction of sp³-hybridized carbons (Fsp3) is 0.200. The maximum absolute atomic E-state index is 12.3. The van der Waals surface area contributed by atoms with Crippen LogP contribution in [0.15, 0.2) is 36.7 Å². The van der Waals surface area contributed by atoms with Crippen molar-refractivity contribution in [3.8, 4) is 0 Å². The molecule has 0 aliphatic heterocycles. The van der Waals surface area contributed by atoms with Gasteiger partial charge in [-0.3, -0.25) is 9.78 Å². The average Bonchev–Trinajstić information content (AvgIpc) is 2.42. The first-order chi connectivity index (χ1) is 9.11. The molecule has 0 unspecified atom stereocenters. The minimum absolute atomic E-state index is 0.161. The maximum Gasteiger partial charge on any atom is 0.259 e. The van der Waals surface area contributed by atoms with Crippen molar-refractivity contribution in [1.29, 1.82) is 0 Å². The number of carbonyl (C=O) groups is 1. The fourth-order valence-corrected chi connectivity index (χ4v) is 1.85.